The number of carbonyl (C=O) groups is 1. The second kappa shape index (κ2) is 12.9. The number of aliphatic hydroxyl groups excluding tert-OH is 1. The van der Waals surface area contributed by atoms with Crippen molar-refractivity contribution in [1.29, 1.82) is 0 Å². The summed E-state index contributed by atoms with van der Waals surface area (Å²) in [5, 5.41) is 9.43. The van der Waals surface area contributed by atoms with Gasteiger partial charge in [-0.1, -0.05) is 93.1 Å². The van der Waals surface area contributed by atoms with Crippen molar-refractivity contribution in [1.82, 2.24) is 0 Å². The standard InChI is InChI=1S/C31H36O3/c1-4-5-6-7-24-8-10-25(11-9-24)26-12-14-27(15-13-26)29-17-16-28(18-20-32)30(22-29)19-21-34-31(33)23(2)3/h8-17,22,32H,2,4-7,18-21H2,1,3H3. The minimum Gasteiger partial charge on any atom is -0.462 e. The molecule has 0 saturated heterocycles. The first-order valence-corrected chi connectivity index (χ1v) is 12.3. The first-order chi connectivity index (χ1) is 16.5. The van der Waals surface area contributed by atoms with E-state index in [1.54, 1.807) is 6.92 Å². The van der Waals surface area contributed by atoms with Crippen LogP contribution in [0.1, 0.15) is 49.8 Å². The van der Waals surface area contributed by atoms with Gasteiger partial charge in [-0.25, -0.2) is 4.79 Å². The number of esters is 1. The Balaban J connectivity index is 1.72. The highest BCUT2D eigenvalue weighted by molar-refractivity contribution is 5.86. The Morgan fingerprint density at radius 1 is 0.794 bits per heavy atom. The summed E-state index contributed by atoms with van der Waals surface area (Å²) in [6.45, 7) is 7.88. The zero-order chi connectivity index (χ0) is 24.3. The van der Waals surface area contributed by atoms with Gasteiger partial charge in [-0.2, -0.15) is 0 Å². The van der Waals surface area contributed by atoms with Crippen molar-refractivity contribution in [3.8, 4) is 22.3 Å². The molecular formula is C31H36O3. The molecule has 0 unspecified atom stereocenters. The van der Waals surface area contributed by atoms with E-state index in [0.717, 1.165) is 28.7 Å². The lowest BCUT2D eigenvalue weighted by atomic mass is 9.94. The van der Waals surface area contributed by atoms with Crippen molar-refractivity contribution in [3.05, 3.63) is 95.6 Å². The molecule has 0 saturated carbocycles. The highest BCUT2D eigenvalue weighted by Crippen LogP contribution is 2.27. The second-order valence-electron chi connectivity index (χ2n) is 8.85. The average molecular weight is 457 g/mol. The molecular weight excluding hydrogens is 420 g/mol. The van der Waals surface area contributed by atoms with Crippen molar-refractivity contribution in [2.45, 2.75) is 52.4 Å². The van der Waals surface area contributed by atoms with Crippen LogP contribution in [-0.4, -0.2) is 24.3 Å². The van der Waals surface area contributed by atoms with E-state index in [4.69, 9.17) is 4.74 Å². The minimum atomic E-state index is -0.371. The molecule has 3 nitrogen and oxygen atoms in total. The molecule has 0 aliphatic rings. The van der Waals surface area contributed by atoms with Gasteiger partial charge in [0.1, 0.15) is 0 Å². The maximum absolute atomic E-state index is 11.7. The SMILES string of the molecule is C=C(C)C(=O)OCCc1cc(-c2ccc(-c3ccc(CCCCC)cc3)cc2)ccc1CCO. The molecule has 34 heavy (non-hydrogen) atoms. The van der Waals surface area contributed by atoms with Crippen molar-refractivity contribution < 1.29 is 14.6 Å². The van der Waals surface area contributed by atoms with Gasteiger partial charge < -0.3 is 9.84 Å². The number of aliphatic hydroxyl groups is 1. The van der Waals surface area contributed by atoms with Crippen LogP contribution in [0.2, 0.25) is 0 Å². The van der Waals surface area contributed by atoms with Crippen LogP contribution in [0.4, 0.5) is 0 Å². The fourth-order valence-electron chi connectivity index (χ4n) is 4.08. The smallest absolute Gasteiger partial charge is 0.333 e. The molecule has 3 aromatic carbocycles. The number of carbonyl (C=O) groups excluding carboxylic acids is 1. The second-order valence-corrected chi connectivity index (χ2v) is 8.85. The van der Waals surface area contributed by atoms with Crippen LogP contribution in [0, 0.1) is 0 Å². The summed E-state index contributed by atoms with van der Waals surface area (Å²) >= 11 is 0. The predicted molar refractivity (Wildman–Crippen MR) is 141 cm³/mol. The third-order valence-corrected chi connectivity index (χ3v) is 6.11. The van der Waals surface area contributed by atoms with Gasteiger partial charge in [-0.3, -0.25) is 0 Å². The molecule has 3 rings (SSSR count). The minimum absolute atomic E-state index is 0.0873. The van der Waals surface area contributed by atoms with Crippen LogP contribution in [0.3, 0.4) is 0 Å². The number of benzene rings is 3. The van der Waals surface area contributed by atoms with E-state index in [1.807, 2.05) is 0 Å². The van der Waals surface area contributed by atoms with Gasteiger partial charge in [0.25, 0.3) is 0 Å². The predicted octanol–water partition coefficient (Wildman–Crippen LogP) is 6.95. The van der Waals surface area contributed by atoms with E-state index in [9.17, 15) is 9.90 Å². The normalized spacial score (nSPS) is 10.8. The van der Waals surface area contributed by atoms with Gasteiger partial charge >= 0.3 is 5.97 Å². The lowest BCUT2D eigenvalue weighted by molar-refractivity contribution is -0.138. The van der Waals surface area contributed by atoms with E-state index >= 15 is 0 Å². The summed E-state index contributed by atoms with van der Waals surface area (Å²) in [6.07, 6.45) is 6.11. The van der Waals surface area contributed by atoms with Crippen LogP contribution in [0.25, 0.3) is 22.3 Å². The summed E-state index contributed by atoms with van der Waals surface area (Å²) in [5.74, 6) is -0.371. The van der Waals surface area contributed by atoms with Crippen LogP contribution in [-0.2, 0) is 28.8 Å². The molecule has 0 spiro atoms. The Labute approximate surface area is 204 Å². The fourth-order valence-corrected chi connectivity index (χ4v) is 4.08. The summed E-state index contributed by atoms with van der Waals surface area (Å²) in [5.41, 5.74) is 8.64. The van der Waals surface area contributed by atoms with Gasteiger partial charge in [-0.05, 0) is 65.1 Å². The third-order valence-electron chi connectivity index (χ3n) is 6.11. The first-order valence-electron chi connectivity index (χ1n) is 12.3. The molecule has 0 fully saturated rings. The van der Waals surface area contributed by atoms with E-state index in [2.05, 4.69) is 80.2 Å². The zero-order valence-corrected chi connectivity index (χ0v) is 20.5. The Kier molecular flexibility index (Phi) is 9.66. The topological polar surface area (TPSA) is 46.5 Å². The fraction of sp³-hybridized carbons (Fsp3) is 0.323. The van der Waals surface area contributed by atoms with E-state index in [1.165, 1.54) is 36.0 Å². The molecule has 0 amide bonds. The lowest BCUT2D eigenvalue weighted by Crippen LogP contribution is -2.09. The molecule has 0 heterocycles. The third kappa shape index (κ3) is 7.16. The van der Waals surface area contributed by atoms with Crippen LogP contribution < -0.4 is 0 Å². The Morgan fingerprint density at radius 2 is 1.38 bits per heavy atom. The number of hydrogen-bond acceptors (Lipinski definition) is 3. The molecule has 0 atom stereocenters. The molecule has 0 bridgehead atoms. The van der Waals surface area contributed by atoms with Crippen molar-refractivity contribution >= 4 is 5.97 Å². The van der Waals surface area contributed by atoms with Gasteiger partial charge in [0.05, 0.1) is 6.61 Å². The largest absolute Gasteiger partial charge is 0.462 e. The highest BCUT2D eigenvalue weighted by atomic mass is 16.5. The van der Waals surface area contributed by atoms with Crippen LogP contribution >= 0.6 is 0 Å². The maximum atomic E-state index is 11.7. The van der Waals surface area contributed by atoms with Crippen molar-refractivity contribution in [3.63, 3.8) is 0 Å². The number of rotatable bonds is 12. The summed E-state index contributed by atoms with van der Waals surface area (Å²) in [4.78, 5) is 11.7. The summed E-state index contributed by atoms with van der Waals surface area (Å²) in [7, 11) is 0. The molecule has 3 heteroatoms. The Morgan fingerprint density at radius 3 is 1.97 bits per heavy atom. The lowest BCUT2D eigenvalue weighted by Gasteiger charge is -2.13. The van der Waals surface area contributed by atoms with E-state index < -0.39 is 0 Å². The quantitative estimate of drug-likeness (QED) is 0.182. The molecule has 0 aliphatic carbocycles. The molecule has 0 aliphatic heterocycles. The molecule has 3 aromatic rings. The monoisotopic (exact) mass is 456 g/mol. The van der Waals surface area contributed by atoms with Crippen molar-refractivity contribution in [2.75, 3.05) is 13.2 Å². The zero-order valence-electron chi connectivity index (χ0n) is 20.5. The molecule has 0 radical (unpaired) electrons. The highest BCUT2D eigenvalue weighted by Gasteiger charge is 2.09. The number of ether oxygens (including phenoxy) is 1. The van der Waals surface area contributed by atoms with Gasteiger partial charge in [0.15, 0.2) is 0 Å². The number of hydrogen-bond donors (Lipinski definition) is 1. The van der Waals surface area contributed by atoms with Gasteiger partial charge in [0.2, 0.25) is 0 Å². The van der Waals surface area contributed by atoms with E-state index in [-0.39, 0.29) is 12.6 Å². The average Bonchev–Trinajstić information content (AvgIpc) is 2.85. The summed E-state index contributed by atoms with van der Waals surface area (Å²) < 4.78 is 5.29. The molecule has 0 aromatic heterocycles. The number of unbranched alkanes of at least 4 members (excludes halogenated alkanes) is 2. The molecule has 178 valence electrons. The van der Waals surface area contributed by atoms with Gasteiger partial charge in [0, 0.05) is 18.6 Å². The van der Waals surface area contributed by atoms with Crippen LogP contribution in [0.15, 0.2) is 78.9 Å². The Bertz CT molecular complexity index is 1080. The van der Waals surface area contributed by atoms with Gasteiger partial charge in [-0.15, -0.1) is 0 Å². The maximum Gasteiger partial charge on any atom is 0.333 e. The summed E-state index contributed by atoms with van der Waals surface area (Å²) in [6, 6.07) is 23.8. The Hall–Kier alpha value is -3.17. The van der Waals surface area contributed by atoms with Crippen LogP contribution in [0.5, 0.6) is 0 Å². The van der Waals surface area contributed by atoms with E-state index in [0.29, 0.717) is 25.0 Å². The number of aryl methyl sites for hydroxylation is 1. The molecule has 1 N–H and O–H groups in total. The first kappa shape index (κ1) is 25.5. The van der Waals surface area contributed by atoms with Crippen molar-refractivity contribution in [2.24, 2.45) is 0 Å².